The van der Waals surface area contributed by atoms with E-state index in [9.17, 15) is 0 Å². The minimum absolute atomic E-state index is 0.143. The van der Waals surface area contributed by atoms with E-state index in [0.29, 0.717) is 24.7 Å². The summed E-state index contributed by atoms with van der Waals surface area (Å²) in [6, 6.07) is 10.4. The van der Waals surface area contributed by atoms with Gasteiger partial charge in [0.2, 0.25) is 12.2 Å². The minimum Gasteiger partial charge on any atom is -0.383 e. The van der Waals surface area contributed by atoms with Crippen molar-refractivity contribution in [2.75, 3.05) is 24.7 Å². The molecule has 1 aromatic carbocycles. The average molecular weight is 344 g/mol. The van der Waals surface area contributed by atoms with Gasteiger partial charge in [-0.05, 0) is 45.1 Å². The van der Waals surface area contributed by atoms with E-state index in [1.54, 1.807) is 0 Å². The van der Waals surface area contributed by atoms with Crippen LogP contribution in [-0.2, 0) is 22.3 Å². The second-order valence-corrected chi connectivity index (χ2v) is 5.77. The number of hydrogen-bond donors (Lipinski definition) is 2. The molecular formula is C19H28N4O2. The molecule has 0 aliphatic carbocycles. The fraction of sp³-hybridized carbons (Fsp3) is 0.474. The first-order valence-electron chi connectivity index (χ1n) is 8.84. The Bertz CT molecular complexity index is 643. The van der Waals surface area contributed by atoms with Crippen molar-refractivity contribution in [2.24, 2.45) is 0 Å². The van der Waals surface area contributed by atoms with Crippen molar-refractivity contribution >= 4 is 11.8 Å². The molecule has 0 bridgehead atoms. The van der Waals surface area contributed by atoms with Crippen LogP contribution in [0.25, 0.3) is 0 Å². The number of ether oxygens (including phenoxy) is 2. The largest absolute Gasteiger partial charge is 0.383 e. The predicted molar refractivity (Wildman–Crippen MR) is 99.9 cm³/mol. The van der Waals surface area contributed by atoms with Crippen molar-refractivity contribution in [1.82, 2.24) is 9.97 Å². The lowest BCUT2D eigenvalue weighted by Crippen LogP contribution is -2.17. The fourth-order valence-corrected chi connectivity index (χ4v) is 2.77. The zero-order valence-corrected chi connectivity index (χ0v) is 15.1. The number of nitrogens with zero attached hydrogens (tertiary/aromatic N) is 2. The Morgan fingerprint density at radius 2 is 1.56 bits per heavy atom. The van der Waals surface area contributed by atoms with Crippen molar-refractivity contribution in [2.45, 2.75) is 45.8 Å². The molecule has 6 nitrogen and oxygen atoms in total. The highest BCUT2D eigenvalue weighted by atomic mass is 16.7. The Kier molecular flexibility index (Phi) is 7.63. The lowest BCUT2D eigenvalue weighted by molar-refractivity contribution is -0.143. The van der Waals surface area contributed by atoms with Crippen LogP contribution in [0.4, 0.5) is 11.8 Å². The SMILES string of the molecule is CCOC(OCC)c1nc(N)nc(N)c1CCCCc1ccccc1. The van der Waals surface area contributed by atoms with Gasteiger partial charge in [0, 0.05) is 18.8 Å². The minimum atomic E-state index is -0.563. The Morgan fingerprint density at radius 3 is 2.20 bits per heavy atom. The predicted octanol–water partition coefficient (Wildman–Crippen LogP) is 3.28. The summed E-state index contributed by atoms with van der Waals surface area (Å²) in [5.74, 6) is 0.552. The number of benzene rings is 1. The standard InChI is InChI=1S/C19H28N4O2/c1-3-24-18(25-4-2)16-15(17(20)23-19(21)22-16)13-9-8-12-14-10-6-5-7-11-14/h5-7,10-11,18H,3-4,8-9,12-13H2,1-2H3,(H4,20,21,22,23). The Hall–Kier alpha value is -2.18. The summed E-state index contributed by atoms with van der Waals surface area (Å²) in [6.45, 7) is 4.86. The van der Waals surface area contributed by atoms with E-state index < -0.39 is 6.29 Å². The van der Waals surface area contributed by atoms with E-state index in [2.05, 4.69) is 34.2 Å². The Labute approximate surface area is 149 Å². The number of nitrogens with two attached hydrogens (primary N) is 2. The van der Waals surface area contributed by atoms with Crippen LogP contribution in [0.15, 0.2) is 30.3 Å². The van der Waals surface area contributed by atoms with E-state index in [1.807, 2.05) is 19.9 Å². The van der Waals surface area contributed by atoms with Crippen LogP contribution in [0.5, 0.6) is 0 Å². The van der Waals surface area contributed by atoms with Crippen LogP contribution in [0.2, 0.25) is 0 Å². The topological polar surface area (TPSA) is 96.3 Å². The summed E-state index contributed by atoms with van der Waals surface area (Å²) in [6.07, 6.45) is 3.27. The van der Waals surface area contributed by atoms with Gasteiger partial charge in [0.25, 0.3) is 0 Å². The molecule has 0 atom stereocenters. The maximum atomic E-state index is 6.10. The van der Waals surface area contributed by atoms with Crippen LogP contribution < -0.4 is 11.5 Å². The van der Waals surface area contributed by atoms with Crippen molar-refractivity contribution in [1.29, 1.82) is 0 Å². The summed E-state index contributed by atoms with van der Waals surface area (Å²) in [7, 11) is 0. The molecule has 2 rings (SSSR count). The quantitative estimate of drug-likeness (QED) is 0.507. The molecule has 1 aromatic heterocycles. The van der Waals surface area contributed by atoms with E-state index in [1.165, 1.54) is 5.56 Å². The Balaban J connectivity index is 2.07. The molecule has 1 heterocycles. The molecule has 0 saturated heterocycles. The van der Waals surface area contributed by atoms with Crippen LogP contribution in [0, 0.1) is 0 Å². The monoisotopic (exact) mass is 344 g/mol. The van der Waals surface area contributed by atoms with Gasteiger partial charge in [-0.2, -0.15) is 4.98 Å². The van der Waals surface area contributed by atoms with Gasteiger partial charge in [-0.25, -0.2) is 4.98 Å². The van der Waals surface area contributed by atoms with Crippen LogP contribution in [0.1, 0.15) is 49.8 Å². The first-order chi connectivity index (χ1) is 12.2. The molecule has 0 aliphatic rings. The zero-order chi connectivity index (χ0) is 18.1. The van der Waals surface area contributed by atoms with E-state index in [-0.39, 0.29) is 5.95 Å². The zero-order valence-electron chi connectivity index (χ0n) is 15.1. The molecular weight excluding hydrogens is 316 g/mol. The van der Waals surface area contributed by atoms with E-state index in [4.69, 9.17) is 20.9 Å². The van der Waals surface area contributed by atoms with Gasteiger partial charge in [-0.1, -0.05) is 30.3 Å². The summed E-state index contributed by atoms with van der Waals surface area (Å²) in [5, 5.41) is 0. The van der Waals surface area contributed by atoms with Crippen LogP contribution in [-0.4, -0.2) is 23.2 Å². The lowest BCUT2D eigenvalue weighted by Gasteiger charge is -2.20. The summed E-state index contributed by atoms with van der Waals surface area (Å²) in [4.78, 5) is 8.45. The number of aromatic nitrogens is 2. The number of anilines is 2. The maximum absolute atomic E-state index is 6.10. The summed E-state index contributed by atoms with van der Waals surface area (Å²) in [5.41, 5.74) is 14.7. The van der Waals surface area contributed by atoms with Gasteiger partial charge in [-0.15, -0.1) is 0 Å². The molecule has 0 unspecified atom stereocenters. The van der Waals surface area contributed by atoms with E-state index in [0.717, 1.165) is 31.2 Å². The molecule has 136 valence electrons. The second-order valence-electron chi connectivity index (χ2n) is 5.77. The number of aryl methyl sites for hydroxylation is 1. The number of unbranched alkanes of at least 4 members (excludes halogenated alkanes) is 1. The first kappa shape index (κ1) is 19.1. The van der Waals surface area contributed by atoms with Gasteiger partial charge in [0.05, 0.1) is 0 Å². The summed E-state index contributed by atoms with van der Waals surface area (Å²) < 4.78 is 11.3. The molecule has 0 aliphatic heterocycles. The van der Waals surface area contributed by atoms with Crippen LogP contribution >= 0.6 is 0 Å². The molecule has 4 N–H and O–H groups in total. The van der Waals surface area contributed by atoms with Gasteiger partial charge >= 0.3 is 0 Å². The number of nitrogen functional groups attached to an aromatic ring is 2. The smallest absolute Gasteiger partial charge is 0.222 e. The van der Waals surface area contributed by atoms with Gasteiger partial charge < -0.3 is 20.9 Å². The molecule has 25 heavy (non-hydrogen) atoms. The highest BCUT2D eigenvalue weighted by Gasteiger charge is 2.21. The molecule has 0 fully saturated rings. The van der Waals surface area contributed by atoms with E-state index >= 15 is 0 Å². The van der Waals surface area contributed by atoms with Gasteiger partial charge in [0.15, 0.2) is 0 Å². The lowest BCUT2D eigenvalue weighted by atomic mass is 10.0. The third kappa shape index (κ3) is 5.69. The van der Waals surface area contributed by atoms with Crippen molar-refractivity contribution < 1.29 is 9.47 Å². The fourth-order valence-electron chi connectivity index (χ4n) is 2.77. The molecule has 0 amide bonds. The third-order valence-electron chi connectivity index (χ3n) is 3.93. The number of rotatable bonds is 10. The average Bonchev–Trinajstić information content (AvgIpc) is 2.60. The van der Waals surface area contributed by atoms with Crippen molar-refractivity contribution in [3.8, 4) is 0 Å². The van der Waals surface area contributed by atoms with Crippen molar-refractivity contribution in [3.05, 3.63) is 47.2 Å². The highest BCUT2D eigenvalue weighted by molar-refractivity contribution is 5.46. The molecule has 2 aromatic rings. The van der Waals surface area contributed by atoms with Crippen LogP contribution in [0.3, 0.4) is 0 Å². The Morgan fingerprint density at radius 1 is 0.920 bits per heavy atom. The van der Waals surface area contributed by atoms with Gasteiger partial charge in [0.1, 0.15) is 11.5 Å². The second kappa shape index (κ2) is 9.96. The summed E-state index contributed by atoms with van der Waals surface area (Å²) >= 11 is 0. The molecule has 0 spiro atoms. The normalized spacial score (nSPS) is 11.2. The van der Waals surface area contributed by atoms with Crippen molar-refractivity contribution in [3.63, 3.8) is 0 Å². The third-order valence-corrected chi connectivity index (χ3v) is 3.93. The highest BCUT2D eigenvalue weighted by Crippen LogP contribution is 2.26. The maximum Gasteiger partial charge on any atom is 0.222 e. The first-order valence-corrected chi connectivity index (χ1v) is 8.84. The molecule has 0 radical (unpaired) electrons. The number of hydrogen-bond acceptors (Lipinski definition) is 6. The molecule has 0 saturated carbocycles. The van der Waals surface area contributed by atoms with Gasteiger partial charge in [-0.3, -0.25) is 0 Å². The molecule has 6 heteroatoms.